The Bertz CT molecular complexity index is 597. The van der Waals surface area contributed by atoms with Gasteiger partial charge in [0.2, 0.25) is 5.91 Å². The van der Waals surface area contributed by atoms with Crippen LogP contribution < -0.4 is 5.32 Å². The number of hydrogen-bond acceptors (Lipinski definition) is 4. The summed E-state index contributed by atoms with van der Waals surface area (Å²) in [6, 6.07) is 10.2. The summed E-state index contributed by atoms with van der Waals surface area (Å²) < 4.78 is 1.81. The highest BCUT2D eigenvalue weighted by atomic mass is 32.2. The van der Waals surface area contributed by atoms with Crippen LogP contribution >= 0.6 is 11.8 Å². The molecule has 0 spiro atoms. The SMILES string of the molecule is CC(C)CC(NC(=O)CSc1nncn1C)c1ccccc1. The van der Waals surface area contributed by atoms with E-state index >= 15 is 0 Å². The van der Waals surface area contributed by atoms with Crippen LogP contribution in [0.15, 0.2) is 41.8 Å². The molecule has 0 radical (unpaired) electrons. The number of thioether (sulfide) groups is 1. The Morgan fingerprint density at radius 3 is 2.64 bits per heavy atom. The van der Waals surface area contributed by atoms with Gasteiger partial charge in [-0.1, -0.05) is 55.9 Å². The molecule has 0 fully saturated rings. The van der Waals surface area contributed by atoms with E-state index in [1.807, 2.05) is 25.2 Å². The quantitative estimate of drug-likeness (QED) is 0.798. The fourth-order valence-corrected chi connectivity index (χ4v) is 2.90. The summed E-state index contributed by atoms with van der Waals surface area (Å²) in [7, 11) is 1.87. The van der Waals surface area contributed by atoms with Gasteiger partial charge in [0.25, 0.3) is 0 Å². The van der Waals surface area contributed by atoms with Crippen LogP contribution in [0.2, 0.25) is 0 Å². The van der Waals surface area contributed by atoms with Gasteiger partial charge >= 0.3 is 0 Å². The van der Waals surface area contributed by atoms with E-state index in [1.54, 1.807) is 10.9 Å². The first-order chi connectivity index (χ1) is 10.6. The average Bonchev–Trinajstić information content (AvgIpc) is 2.90. The van der Waals surface area contributed by atoms with Crippen LogP contribution in [0.3, 0.4) is 0 Å². The number of carbonyl (C=O) groups is 1. The third kappa shape index (κ3) is 4.87. The van der Waals surface area contributed by atoms with Crippen molar-refractivity contribution in [1.82, 2.24) is 20.1 Å². The number of nitrogens with one attached hydrogen (secondary N) is 1. The zero-order valence-corrected chi connectivity index (χ0v) is 14.0. The summed E-state index contributed by atoms with van der Waals surface area (Å²) in [5.41, 5.74) is 1.15. The van der Waals surface area contributed by atoms with Crippen LogP contribution in [0.25, 0.3) is 0 Å². The van der Waals surface area contributed by atoms with E-state index in [0.717, 1.165) is 17.1 Å². The standard InChI is InChI=1S/C16H22N4OS/c1-12(2)9-14(13-7-5-4-6-8-13)18-15(21)10-22-16-19-17-11-20(16)3/h4-8,11-12,14H,9-10H2,1-3H3,(H,18,21). The molecular formula is C16H22N4OS. The fraction of sp³-hybridized carbons (Fsp3) is 0.438. The number of carbonyl (C=O) groups excluding carboxylic acids is 1. The van der Waals surface area contributed by atoms with Gasteiger partial charge in [-0.25, -0.2) is 0 Å². The molecule has 1 unspecified atom stereocenters. The lowest BCUT2D eigenvalue weighted by Gasteiger charge is -2.21. The zero-order valence-electron chi connectivity index (χ0n) is 13.2. The van der Waals surface area contributed by atoms with Crippen LogP contribution in [0.1, 0.15) is 31.9 Å². The number of nitrogens with zero attached hydrogens (tertiary/aromatic N) is 3. The monoisotopic (exact) mass is 318 g/mol. The van der Waals surface area contributed by atoms with Crippen molar-refractivity contribution in [2.24, 2.45) is 13.0 Å². The van der Waals surface area contributed by atoms with Crippen molar-refractivity contribution in [3.63, 3.8) is 0 Å². The topological polar surface area (TPSA) is 59.8 Å². The lowest BCUT2D eigenvalue weighted by Crippen LogP contribution is -2.31. The Morgan fingerprint density at radius 2 is 2.05 bits per heavy atom. The molecule has 1 aromatic heterocycles. The van der Waals surface area contributed by atoms with E-state index in [2.05, 4.69) is 41.5 Å². The minimum Gasteiger partial charge on any atom is -0.349 e. The molecule has 0 saturated carbocycles. The third-order valence-electron chi connectivity index (χ3n) is 3.25. The van der Waals surface area contributed by atoms with Crippen molar-refractivity contribution in [1.29, 1.82) is 0 Å². The Balaban J connectivity index is 1.95. The summed E-state index contributed by atoms with van der Waals surface area (Å²) in [6.07, 6.45) is 2.55. The van der Waals surface area contributed by atoms with Gasteiger partial charge in [-0.3, -0.25) is 4.79 Å². The summed E-state index contributed by atoms with van der Waals surface area (Å²) in [6.45, 7) is 4.33. The third-order valence-corrected chi connectivity index (χ3v) is 4.28. The number of aryl methyl sites for hydroxylation is 1. The van der Waals surface area contributed by atoms with Gasteiger partial charge in [-0.05, 0) is 17.9 Å². The molecule has 6 heteroatoms. The molecule has 1 atom stereocenters. The van der Waals surface area contributed by atoms with Gasteiger partial charge in [-0.2, -0.15) is 0 Å². The summed E-state index contributed by atoms with van der Waals surface area (Å²) in [5.74, 6) is 0.868. The summed E-state index contributed by atoms with van der Waals surface area (Å²) in [5, 5.41) is 11.7. The first kappa shape index (κ1) is 16.5. The van der Waals surface area contributed by atoms with Crippen molar-refractivity contribution in [2.75, 3.05) is 5.75 Å². The molecule has 0 bridgehead atoms. The number of aromatic nitrogens is 3. The number of rotatable bonds is 7. The molecule has 118 valence electrons. The Morgan fingerprint density at radius 1 is 1.32 bits per heavy atom. The minimum atomic E-state index is 0.0162. The molecule has 0 saturated heterocycles. The van der Waals surface area contributed by atoms with Gasteiger partial charge < -0.3 is 9.88 Å². The smallest absolute Gasteiger partial charge is 0.230 e. The van der Waals surface area contributed by atoms with Gasteiger partial charge in [0, 0.05) is 7.05 Å². The average molecular weight is 318 g/mol. The fourth-order valence-electron chi connectivity index (χ4n) is 2.20. The van der Waals surface area contributed by atoms with Crippen molar-refractivity contribution in [3.8, 4) is 0 Å². The highest BCUT2D eigenvalue weighted by molar-refractivity contribution is 7.99. The maximum atomic E-state index is 12.2. The van der Waals surface area contributed by atoms with Gasteiger partial charge in [0.1, 0.15) is 6.33 Å². The predicted octanol–water partition coefficient (Wildman–Crippen LogP) is 2.81. The lowest BCUT2D eigenvalue weighted by atomic mass is 9.97. The van der Waals surface area contributed by atoms with E-state index in [-0.39, 0.29) is 11.9 Å². The first-order valence-corrected chi connectivity index (χ1v) is 8.36. The second-order valence-corrected chi connectivity index (χ2v) is 6.62. The minimum absolute atomic E-state index is 0.0162. The maximum absolute atomic E-state index is 12.2. The molecule has 1 aromatic carbocycles. The molecule has 22 heavy (non-hydrogen) atoms. The molecule has 2 aromatic rings. The number of amides is 1. The molecular weight excluding hydrogens is 296 g/mol. The van der Waals surface area contributed by atoms with E-state index < -0.39 is 0 Å². The Hall–Kier alpha value is -1.82. The molecule has 5 nitrogen and oxygen atoms in total. The molecule has 1 N–H and O–H groups in total. The summed E-state index contributed by atoms with van der Waals surface area (Å²) >= 11 is 1.40. The normalized spacial score (nSPS) is 12.4. The van der Waals surface area contributed by atoms with Crippen molar-refractivity contribution in [3.05, 3.63) is 42.2 Å². The maximum Gasteiger partial charge on any atom is 0.230 e. The van der Waals surface area contributed by atoms with Crippen molar-refractivity contribution in [2.45, 2.75) is 31.5 Å². The second-order valence-electron chi connectivity index (χ2n) is 5.67. The second kappa shape index (κ2) is 7.98. The predicted molar refractivity (Wildman–Crippen MR) is 88.5 cm³/mol. The molecule has 0 aliphatic carbocycles. The molecule has 0 aliphatic rings. The lowest BCUT2D eigenvalue weighted by molar-refractivity contribution is -0.119. The van der Waals surface area contributed by atoms with Gasteiger partial charge in [0.15, 0.2) is 5.16 Å². The first-order valence-electron chi connectivity index (χ1n) is 7.37. The largest absolute Gasteiger partial charge is 0.349 e. The van der Waals surface area contributed by atoms with E-state index in [1.165, 1.54) is 11.8 Å². The number of hydrogen-bond donors (Lipinski definition) is 1. The summed E-state index contributed by atoms with van der Waals surface area (Å²) in [4.78, 5) is 12.2. The van der Waals surface area contributed by atoms with Crippen LogP contribution in [-0.2, 0) is 11.8 Å². The number of benzene rings is 1. The van der Waals surface area contributed by atoms with Gasteiger partial charge in [-0.15, -0.1) is 10.2 Å². The van der Waals surface area contributed by atoms with Crippen molar-refractivity contribution < 1.29 is 4.79 Å². The van der Waals surface area contributed by atoms with Crippen LogP contribution in [0, 0.1) is 5.92 Å². The van der Waals surface area contributed by atoms with E-state index in [0.29, 0.717) is 11.7 Å². The van der Waals surface area contributed by atoms with E-state index in [4.69, 9.17) is 0 Å². The van der Waals surface area contributed by atoms with Crippen LogP contribution in [-0.4, -0.2) is 26.4 Å². The molecule has 0 aliphatic heterocycles. The van der Waals surface area contributed by atoms with Crippen LogP contribution in [0.5, 0.6) is 0 Å². The highest BCUT2D eigenvalue weighted by Gasteiger charge is 2.16. The van der Waals surface area contributed by atoms with E-state index in [9.17, 15) is 4.79 Å². The van der Waals surface area contributed by atoms with Crippen LogP contribution in [0.4, 0.5) is 0 Å². The zero-order chi connectivity index (χ0) is 15.9. The highest BCUT2D eigenvalue weighted by Crippen LogP contribution is 2.21. The van der Waals surface area contributed by atoms with Gasteiger partial charge in [0.05, 0.1) is 11.8 Å². The van der Waals surface area contributed by atoms with Crippen molar-refractivity contribution >= 4 is 17.7 Å². The Labute approximate surface area is 135 Å². The molecule has 1 amide bonds. The molecule has 2 rings (SSSR count). The Kier molecular flexibility index (Phi) is 6.00. The molecule has 1 heterocycles.